The number of carbonyl (C=O) groups is 2. The molecule has 0 bridgehead atoms. The van der Waals surface area contributed by atoms with Gasteiger partial charge in [-0.05, 0) is 31.0 Å². The molecule has 142 valence electrons. The summed E-state index contributed by atoms with van der Waals surface area (Å²) in [5.74, 6) is 0.345. The molecule has 7 nitrogen and oxygen atoms in total. The van der Waals surface area contributed by atoms with Crippen LogP contribution in [0.25, 0.3) is 0 Å². The number of aliphatic imine (C=N–C) groups is 1. The van der Waals surface area contributed by atoms with E-state index >= 15 is 0 Å². The Bertz CT molecular complexity index is 643. The van der Waals surface area contributed by atoms with Gasteiger partial charge in [-0.15, -0.1) is 0 Å². The summed E-state index contributed by atoms with van der Waals surface area (Å²) < 4.78 is 4.73. The van der Waals surface area contributed by atoms with Crippen molar-refractivity contribution in [3.63, 3.8) is 0 Å². The minimum atomic E-state index is -0.250. The highest BCUT2D eigenvalue weighted by molar-refractivity contribution is 5.95. The molecule has 1 amide bonds. The average molecular weight is 360 g/mol. The number of anilines is 1. The van der Waals surface area contributed by atoms with Gasteiger partial charge >= 0.3 is 5.97 Å². The van der Waals surface area contributed by atoms with Gasteiger partial charge in [0.1, 0.15) is 0 Å². The Kier molecular flexibility index (Phi) is 7.44. The van der Waals surface area contributed by atoms with Crippen molar-refractivity contribution in [3.05, 3.63) is 29.8 Å². The van der Waals surface area contributed by atoms with Gasteiger partial charge < -0.3 is 20.3 Å². The summed E-state index contributed by atoms with van der Waals surface area (Å²) in [4.78, 5) is 29.6. The first-order valence-electron chi connectivity index (χ1n) is 9.04. The van der Waals surface area contributed by atoms with Crippen LogP contribution in [0.5, 0.6) is 0 Å². The highest BCUT2D eigenvalue weighted by Gasteiger charge is 2.21. The summed E-state index contributed by atoms with van der Waals surface area (Å²) in [7, 11) is 1.39. The fraction of sp³-hybridized carbons (Fsp3) is 0.526. The topological polar surface area (TPSA) is 83.0 Å². The molecule has 0 radical (unpaired) electrons. The average Bonchev–Trinajstić information content (AvgIpc) is 3.09. The Morgan fingerprint density at radius 2 is 2.04 bits per heavy atom. The van der Waals surface area contributed by atoms with Gasteiger partial charge in [0.15, 0.2) is 5.96 Å². The van der Waals surface area contributed by atoms with E-state index in [0.29, 0.717) is 25.5 Å². The number of nitrogens with zero attached hydrogens (tertiary/aromatic N) is 2. The van der Waals surface area contributed by atoms with Crippen molar-refractivity contribution in [1.82, 2.24) is 10.6 Å². The first kappa shape index (κ1) is 19.8. The van der Waals surface area contributed by atoms with E-state index in [1.807, 2.05) is 36.1 Å². The lowest BCUT2D eigenvalue weighted by atomic mass is 10.2. The van der Waals surface area contributed by atoms with Crippen molar-refractivity contribution in [2.24, 2.45) is 10.9 Å². The lowest BCUT2D eigenvalue weighted by molar-refractivity contribution is -0.144. The van der Waals surface area contributed by atoms with Crippen LogP contribution in [-0.4, -0.2) is 44.6 Å². The molecule has 1 atom stereocenters. The normalized spacial score (nSPS) is 15.7. The molecule has 0 aliphatic carbocycles. The van der Waals surface area contributed by atoms with Crippen molar-refractivity contribution < 1.29 is 14.3 Å². The number of hydrogen-bond donors (Lipinski definition) is 2. The van der Waals surface area contributed by atoms with Gasteiger partial charge in [0.05, 0.1) is 19.6 Å². The van der Waals surface area contributed by atoms with Gasteiger partial charge in [0.2, 0.25) is 5.91 Å². The van der Waals surface area contributed by atoms with Gasteiger partial charge in [-0.3, -0.25) is 9.59 Å². The van der Waals surface area contributed by atoms with Crippen molar-refractivity contribution >= 4 is 23.5 Å². The van der Waals surface area contributed by atoms with Crippen LogP contribution in [0.15, 0.2) is 29.3 Å². The zero-order valence-electron chi connectivity index (χ0n) is 15.7. The van der Waals surface area contributed by atoms with Crippen molar-refractivity contribution in [2.75, 3.05) is 31.6 Å². The number of carbonyl (C=O) groups excluding carboxylic acids is 2. The van der Waals surface area contributed by atoms with E-state index in [9.17, 15) is 9.59 Å². The number of ether oxygens (including phenoxy) is 1. The fourth-order valence-corrected chi connectivity index (χ4v) is 2.75. The predicted molar refractivity (Wildman–Crippen MR) is 102 cm³/mol. The summed E-state index contributed by atoms with van der Waals surface area (Å²) in [6.45, 7) is 6.28. The molecule has 1 fully saturated rings. The molecule has 7 heteroatoms. The van der Waals surface area contributed by atoms with Crippen LogP contribution in [-0.2, 0) is 20.9 Å². The van der Waals surface area contributed by atoms with Crippen LogP contribution >= 0.6 is 0 Å². The van der Waals surface area contributed by atoms with E-state index in [4.69, 9.17) is 4.74 Å². The Hall–Kier alpha value is -2.57. The second-order valence-electron chi connectivity index (χ2n) is 6.32. The van der Waals surface area contributed by atoms with Crippen LogP contribution in [0.3, 0.4) is 0 Å². The largest absolute Gasteiger partial charge is 0.469 e. The van der Waals surface area contributed by atoms with E-state index in [1.165, 1.54) is 7.11 Å². The molecule has 2 rings (SSSR count). The number of methoxy groups -OCH3 is 1. The minimum absolute atomic E-state index is 0.189. The lowest BCUT2D eigenvalue weighted by Crippen LogP contribution is -2.40. The van der Waals surface area contributed by atoms with E-state index in [-0.39, 0.29) is 17.8 Å². The fourth-order valence-electron chi connectivity index (χ4n) is 2.75. The molecule has 26 heavy (non-hydrogen) atoms. The smallest absolute Gasteiger partial charge is 0.310 e. The Morgan fingerprint density at radius 3 is 2.62 bits per heavy atom. The maximum atomic E-state index is 11.8. The van der Waals surface area contributed by atoms with E-state index in [2.05, 4.69) is 15.6 Å². The molecule has 0 spiro atoms. The maximum Gasteiger partial charge on any atom is 0.310 e. The number of amides is 1. The summed E-state index contributed by atoms with van der Waals surface area (Å²) in [6, 6.07) is 7.91. The van der Waals surface area contributed by atoms with E-state index < -0.39 is 0 Å². The third kappa shape index (κ3) is 5.47. The molecule has 1 aromatic carbocycles. The number of benzene rings is 1. The number of guanidine groups is 1. The summed E-state index contributed by atoms with van der Waals surface area (Å²) in [6.07, 6.45) is 1.56. The molecule has 1 aliphatic heterocycles. The van der Waals surface area contributed by atoms with Crippen LogP contribution in [0.4, 0.5) is 5.69 Å². The van der Waals surface area contributed by atoms with E-state index in [1.54, 1.807) is 6.92 Å². The molecule has 0 saturated carbocycles. The number of rotatable bonds is 7. The number of esters is 1. The first-order chi connectivity index (χ1) is 12.5. The van der Waals surface area contributed by atoms with Gasteiger partial charge in [-0.25, -0.2) is 4.99 Å². The molecular weight excluding hydrogens is 332 g/mol. The monoisotopic (exact) mass is 360 g/mol. The van der Waals surface area contributed by atoms with Gasteiger partial charge in [0, 0.05) is 31.7 Å². The third-order valence-corrected chi connectivity index (χ3v) is 4.26. The van der Waals surface area contributed by atoms with Crippen molar-refractivity contribution in [2.45, 2.75) is 33.2 Å². The van der Waals surface area contributed by atoms with Crippen LogP contribution < -0.4 is 15.5 Å². The van der Waals surface area contributed by atoms with Crippen molar-refractivity contribution in [1.29, 1.82) is 0 Å². The zero-order chi connectivity index (χ0) is 18.9. The zero-order valence-corrected chi connectivity index (χ0v) is 15.7. The second-order valence-corrected chi connectivity index (χ2v) is 6.32. The SMILES string of the molecule is CCNC(=NCc1ccc(N2CCCC2=O)cc1)NCC(C)C(=O)OC. The quantitative estimate of drug-likeness (QED) is 0.439. The van der Waals surface area contributed by atoms with Gasteiger partial charge in [-0.2, -0.15) is 0 Å². The predicted octanol–water partition coefficient (Wildman–Crippen LogP) is 1.68. The molecular formula is C19H28N4O3. The third-order valence-electron chi connectivity index (χ3n) is 4.26. The van der Waals surface area contributed by atoms with Crippen LogP contribution in [0, 0.1) is 5.92 Å². The standard InChI is InChI=1S/C19H28N4O3/c1-4-20-19(21-12-14(2)18(25)26-3)22-13-15-7-9-16(10-8-15)23-11-5-6-17(23)24/h7-10,14H,4-6,11-13H2,1-3H3,(H2,20,21,22). The highest BCUT2D eigenvalue weighted by atomic mass is 16.5. The van der Waals surface area contributed by atoms with Crippen LogP contribution in [0.1, 0.15) is 32.3 Å². The summed E-state index contributed by atoms with van der Waals surface area (Å²) in [5.41, 5.74) is 2.00. The molecule has 1 aromatic rings. The molecule has 1 heterocycles. The van der Waals surface area contributed by atoms with Crippen molar-refractivity contribution in [3.8, 4) is 0 Å². The highest BCUT2D eigenvalue weighted by Crippen LogP contribution is 2.21. The Morgan fingerprint density at radius 1 is 1.31 bits per heavy atom. The molecule has 1 saturated heterocycles. The molecule has 1 aliphatic rings. The molecule has 0 aromatic heterocycles. The van der Waals surface area contributed by atoms with Crippen LogP contribution in [0.2, 0.25) is 0 Å². The molecule has 2 N–H and O–H groups in total. The lowest BCUT2D eigenvalue weighted by Gasteiger charge is -2.16. The first-order valence-corrected chi connectivity index (χ1v) is 9.04. The minimum Gasteiger partial charge on any atom is -0.469 e. The Labute approximate surface area is 154 Å². The molecule has 1 unspecified atom stereocenters. The number of nitrogens with one attached hydrogen (secondary N) is 2. The number of hydrogen-bond acceptors (Lipinski definition) is 4. The van der Waals surface area contributed by atoms with E-state index in [0.717, 1.165) is 30.8 Å². The Balaban J connectivity index is 1.93. The van der Waals surface area contributed by atoms with Gasteiger partial charge in [0.25, 0.3) is 0 Å². The second kappa shape index (κ2) is 9.79. The van der Waals surface area contributed by atoms with Gasteiger partial charge in [-0.1, -0.05) is 19.1 Å². The summed E-state index contributed by atoms with van der Waals surface area (Å²) >= 11 is 0. The summed E-state index contributed by atoms with van der Waals surface area (Å²) in [5, 5.41) is 6.31. The maximum absolute atomic E-state index is 11.8.